The van der Waals surface area contributed by atoms with Gasteiger partial charge in [0.25, 0.3) is 0 Å². The van der Waals surface area contributed by atoms with Crippen molar-refractivity contribution in [1.82, 2.24) is 0 Å². The zero-order valence-electron chi connectivity index (χ0n) is 14.8. The van der Waals surface area contributed by atoms with Gasteiger partial charge in [0.15, 0.2) is 0 Å². The molecule has 0 aliphatic carbocycles. The zero-order valence-corrected chi connectivity index (χ0v) is 14.8. The van der Waals surface area contributed by atoms with E-state index in [4.69, 9.17) is 9.47 Å². The smallest absolute Gasteiger partial charge is 0.311 e. The van der Waals surface area contributed by atoms with Crippen molar-refractivity contribution in [2.75, 3.05) is 6.61 Å². The van der Waals surface area contributed by atoms with Crippen molar-refractivity contribution in [1.29, 1.82) is 0 Å². The Morgan fingerprint density at radius 1 is 0.840 bits per heavy atom. The number of carbonyl (C=O) groups excluding carboxylic acids is 1. The van der Waals surface area contributed by atoms with E-state index in [0.29, 0.717) is 24.5 Å². The van der Waals surface area contributed by atoms with Crippen molar-refractivity contribution in [2.45, 2.75) is 39.5 Å². The summed E-state index contributed by atoms with van der Waals surface area (Å²) in [7, 11) is 0. The molecule has 25 heavy (non-hydrogen) atoms. The number of hydrogen-bond acceptors (Lipinski definition) is 5. The van der Waals surface area contributed by atoms with Gasteiger partial charge >= 0.3 is 5.97 Å². The van der Waals surface area contributed by atoms with E-state index in [1.165, 1.54) is 0 Å². The van der Waals surface area contributed by atoms with Gasteiger partial charge in [-0.1, -0.05) is 19.8 Å². The summed E-state index contributed by atoms with van der Waals surface area (Å²) in [5, 5.41) is 8.36. The Morgan fingerprint density at radius 2 is 1.40 bits per heavy atom. The SMILES string of the molecule is CCCCCC(=O)Oc1ccc(/N=N/c2ccc(OCC)cc2)cc1. The van der Waals surface area contributed by atoms with Crippen molar-refractivity contribution >= 4 is 17.3 Å². The topological polar surface area (TPSA) is 60.2 Å². The summed E-state index contributed by atoms with van der Waals surface area (Å²) in [6.45, 7) is 4.68. The lowest BCUT2D eigenvalue weighted by Crippen LogP contribution is -2.07. The molecule has 0 aromatic heterocycles. The second-order valence-electron chi connectivity index (χ2n) is 5.55. The highest BCUT2D eigenvalue weighted by molar-refractivity contribution is 5.72. The molecule has 0 aliphatic heterocycles. The second-order valence-corrected chi connectivity index (χ2v) is 5.55. The first-order chi connectivity index (χ1) is 12.2. The summed E-state index contributed by atoms with van der Waals surface area (Å²) in [4.78, 5) is 11.7. The van der Waals surface area contributed by atoms with E-state index in [0.717, 1.165) is 30.7 Å². The average Bonchev–Trinajstić information content (AvgIpc) is 2.63. The third kappa shape index (κ3) is 6.75. The number of benzene rings is 2. The van der Waals surface area contributed by atoms with Crippen molar-refractivity contribution in [3.63, 3.8) is 0 Å². The maximum atomic E-state index is 11.7. The van der Waals surface area contributed by atoms with Gasteiger partial charge in [0.05, 0.1) is 18.0 Å². The molecule has 2 rings (SSSR count). The third-order valence-electron chi connectivity index (χ3n) is 3.48. The van der Waals surface area contributed by atoms with E-state index in [1.54, 1.807) is 24.3 Å². The number of carbonyl (C=O) groups is 1. The van der Waals surface area contributed by atoms with Gasteiger partial charge in [-0.3, -0.25) is 4.79 Å². The molecule has 0 saturated carbocycles. The maximum Gasteiger partial charge on any atom is 0.311 e. The predicted octanol–water partition coefficient (Wildman–Crippen LogP) is 5.99. The first kappa shape index (κ1) is 18.6. The summed E-state index contributed by atoms with van der Waals surface area (Å²) in [5.74, 6) is 1.14. The van der Waals surface area contributed by atoms with E-state index >= 15 is 0 Å². The minimum Gasteiger partial charge on any atom is -0.494 e. The lowest BCUT2D eigenvalue weighted by atomic mass is 10.2. The standard InChI is InChI=1S/C20H24N2O3/c1-3-5-6-7-20(23)25-19-14-10-17(11-15-19)22-21-16-8-12-18(13-9-16)24-4-2/h8-15H,3-7H2,1-2H3/b22-21+. The maximum absolute atomic E-state index is 11.7. The number of esters is 1. The quantitative estimate of drug-likeness (QED) is 0.244. The van der Waals surface area contributed by atoms with E-state index in [2.05, 4.69) is 17.2 Å². The van der Waals surface area contributed by atoms with Crippen LogP contribution in [0.1, 0.15) is 39.5 Å². The van der Waals surface area contributed by atoms with E-state index in [1.807, 2.05) is 31.2 Å². The molecule has 5 heteroatoms. The summed E-state index contributed by atoms with van der Waals surface area (Å²) >= 11 is 0. The molecular formula is C20H24N2O3. The van der Waals surface area contributed by atoms with Crippen LogP contribution >= 0.6 is 0 Å². The number of nitrogens with zero attached hydrogens (tertiary/aromatic N) is 2. The van der Waals surface area contributed by atoms with Crippen LogP contribution in [0.15, 0.2) is 58.8 Å². The monoisotopic (exact) mass is 340 g/mol. The molecule has 2 aromatic carbocycles. The minimum atomic E-state index is -0.197. The van der Waals surface area contributed by atoms with Crippen molar-refractivity contribution in [3.8, 4) is 11.5 Å². The lowest BCUT2D eigenvalue weighted by Gasteiger charge is -2.04. The summed E-state index contributed by atoms with van der Waals surface area (Å²) in [6, 6.07) is 14.4. The van der Waals surface area contributed by atoms with E-state index in [-0.39, 0.29) is 5.97 Å². The normalized spacial score (nSPS) is 10.8. The molecule has 132 valence electrons. The highest BCUT2D eigenvalue weighted by Crippen LogP contribution is 2.23. The molecule has 2 aromatic rings. The van der Waals surface area contributed by atoms with Gasteiger partial charge in [-0.05, 0) is 61.9 Å². The third-order valence-corrected chi connectivity index (χ3v) is 3.48. The molecule has 0 N–H and O–H groups in total. The van der Waals surface area contributed by atoms with Crippen molar-refractivity contribution in [3.05, 3.63) is 48.5 Å². The highest BCUT2D eigenvalue weighted by Gasteiger charge is 2.04. The average molecular weight is 340 g/mol. The van der Waals surface area contributed by atoms with Crippen LogP contribution in [-0.2, 0) is 4.79 Å². The van der Waals surface area contributed by atoms with Gasteiger partial charge in [-0.2, -0.15) is 10.2 Å². The molecule has 0 saturated heterocycles. The molecule has 0 atom stereocenters. The van der Waals surface area contributed by atoms with Gasteiger partial charge in [0, 0.05) is 6.42 Å². The Labute approximate surface area is 148 Å². The molecule has 0 fully saturated rings. The van der Waals surface area contributed by atoms with Crippen LogP contribution in [0.25, 0.3) is 0 Å². The molecule has 0 bridgehead atoms. The fraction of sp³-hybridized carbons (Fsp3) is 0.350. The largest absolute Gasteiger partial charge is 0.494 e. The summed E-state index contributed by atoms with van der Waals surface area (Å²) in [5.41, 5.74) is 1.44. The molecule has 0 spiro atoms. The molecule has 0 amide bonds. The van der Waals surface area contributed by atoms with Gasteiger partial charge in [0.2, 0.25) is 0 Å². The van der Waals surface area contributed by atoms with Crippen LogP contribution in [0.2, 0.25) is 0 Å². The fourth-order valence-corrected chi connectivity index (χ4v) is 2.17. The molecule has 0 aliphatic rings. The van der Waals surface area contributed by atoms with Crippen LogP contribution in [-0.4, -0.2) is 12.6 Å². The highest BCUT2D eigenvalue weighted by atomic mass is 16.5. The Hall–Kier alpha value is -2.69. The Kier molecular flexibility index (Phi) is 7.63. The molecule has 0 heterocycles. The molecular weight excluding hydrogens is 316 g/mol. The fourth-order valence-electron chi connectivity index (χ4n) is 2.17. The summed E-state index contributed by atoms with van der Waals surface area (Å²) in [6.07, 6.45) is 3.44. The summed E-state index contributed by atoms with van der Waals surface area (Å²) < 4.78 is 10.7. The lowest BCUT2D eigenvalue weighted by molar-refractivity contribution is -0.134. The molecule has 0 unspecified atom stereocenters. The number of ether oxygens (including phenoxy) is 2. The van der Waals surface area contributed by atoms with Crippen molar-refractivity contribution < 1.29 is 14.3 Å². The van der Waals surface area contributed by atoms with Crippen LogP contribution < -0.4 is 9.47 Å². The zero-order chi connectivity index (χ0) is 17.9. The number of rotatable bonds is 9. The number of unbranched alkanes of at least 4 members (excludes halogenated alkanes) is 2. The van der Waals surface area contributed by atoms with Gasteiger partial charge < -0.3 is 9.47 Å². The van der Waals surface area contributed by atoms with Crippen LogP contribution in [0.4, 0.5) is 11.4 Å². The predicted molar refractivity (Wildman–Crippen MR) is 98.0 cm³/mol. The van der Waals surface area contributed by atoms with E-state index in [9.17, 15) is 4.79 Å². The van der Waals surface area contributed by atoms with Crippen molar-refractivity contribution in [2.24, 2.45) is 10.2 Å². The van der Waals surface area contributed by atoms with Gasteiger partial charge in [-0.15, -0.1) is 0 Å². The van der Waals surface area contributed by atoms with E-state index < -0.39 is 0 Å². The Balaban J connectivity index is 1.87. The molecule has 0 radical (unpaired) electrons. The van der Waals surface area contributed by atoms with Crippen LogP contribution in [0, 0.1) is 0 Å². The minimum absolute atomic E-state index is 0.197. The first-order valence-corrected chi connectivity index (χ1v) is 8.66. The second kappa shape index (κ2) is 10.2. The number of azo groups is 1. The van der Waals surface area contributed by atoms with Gasteiger partial charge in [-0.25, -0.2) is 0 Å². The van der Waals surface area contributed by atoms with Crippen LogP contribution in [0.3, 0.4) is 0 Å². The molecule has 5 nitrogen and oxygen atoms in total. The first-order valence-electron chi connectivity index (χ1n) is 8.66. The Morgan fingerprint density at radius 3 is 1.92 bits per heavy atom. The number of hydrogen-bond donors (Lipinski definition) is 0. The van der Waals surface area contributed by atoms with Gasteiger partial charge in [0.1, 0.15) is 11.5 Å². The Bertz CT molecular complexity index is 679. The van der Waals surface area contributed by atoms with Crippen LogP contribution in [0.5, 0.6) is 11.5 Å².